The fourth-order valence-electron chi connectivity index (χ4n) is 2.56. The van der Waals surface area contributed by atoms with Crippen molar-refractivity contribution in [2.24, 2.45) is 0 Å². The zero-order chi connectivity index (χ0) is 21.0. The lowest BCUT2D eigenvalue weighted by atomic mass is 10.1. The van der Waals surface area contributed by atoms with E-state index in [2.05, 4.69) is 4.98 Å². The maximum atomic E-state index is 12.7. The number of benzene rings is 2. The molecule has 1 aromatic heterocycles. The second kappa shape index (κ2) is 8.65. The smallest absolute Gasteiger partial charge is 0.416 e. The summed E-state index contributed by atoms with van der Waals surface area (Å²) in [5, 5.41) is 2.34. The van der Waals surface area contributed by atoms with Gasteiger partial charge in [0.15, 0.2) is 0 Å². The van der Waals surface area contributed by atoms with E-state index in [9.17, 15) is 18.0 Å². The highest BCUT2D eigenvalue weighted by atomic mass is 32.1. The largest absolute Gasteiger partial charge is 0.488 e. The molecule has 0 bridgehead atoms. The molecule has 29 heavy (non-hydrogen) atoms. The maximum absolute atomic E-state index is 12.7. The number of ether oxygens (including phenoxy) is 1. The van der Waals surface area contributed by atoms with Crippen LogP contribution in [0, 0.1) is 0 Å². The van der Waals surface area contributed by atoms with Crippen LogP contribution in [0.3, 0.4) is 0 Å². The van der Waals surface area contributed by atoms with Crippen LogP contribution < -0.4 is 4.74 Å². The summed E-state index contributed by atoms with van der Waals surface area (Å²) < 4.78 is 43.9. The van der Waals surface area contributed by atoms with Gasteiger partial charge < -0.3 is 9.64 Å². The Morgan fingerprint density at radius 2 is 1.83 bits per heavy atom. The van der Waals surface area contributed by atoms with E-state index in [1.165, 1.54) is 23.5 Å². The zero-order valence-electron chi connectivity index (χ0n) is 15.9. The van der Waals surface area contributed by atoms with Crippen molar-refractivity contribution in [2.75, 3.05) is 13.6 Å². The molecule has 0 fully saturated rings. The van der Waals surface area contributed by atoms with E-state index >= 15 is 0 Å². The van der Waals surface area contributed by atoms with E-state index in [1.807, 2.05) is 19.1 Å². The molecule has 2 aromatic carbocycles. The van der Waals surface area contributed by atoms with Crippen LogP contribution in [0.25, 0.3) is 10.6 Å². The highest BCUT2D eigenvalue weighted by Gasteiger charge is 2.29. The van der Waals surface area contributed by atoms with Gasteiger partial charge in [0.25, 0.3) is 5.91 Å². The summed E-state index contributed by atoms with van der Waals surface area (Å²) in [7, 11) is 1.71. The Labute approximate surface area is 170 Å². The number of thiazole rings is 1. The third-order valence-corrected chi connectivity index (χ3v) is 5.21. The lowest BCUT2D eigenvalue weighted by molar-refractivity contribution is -0.137. The minimum absolute atomic E-state index is 0.116. The third kappa shape index (κ3) is 4.95. The standard InChI is InChI=1S/C21H19F3N2O2S/c1-3-26(2)20(27)17-13-29-19(25-17)16-6-4-5-7-18(16)28-12-14-8-10-15(11-9-14)21(22,23)24/h4-11,13H,3,12H2,1-2H3. The number of aromatic nitrogens is 1. The molecule has 0 aliphatic rings. The molecular weight excluding hydrogens is 401 g/mol. The van der Waals surface area contributed by atoms with E-state index < -0.39 is 11.7 Å². The molecule has 4 nitrogen and oxygen atoms in total. The lowest BCUT2D eigenvalue weighted by Crippen LogP contribution is -2.26. The number of para-hydroxylation sites is 1. The predicted molar refractivity (Wildman–Crippen MR) is 106 cm³/mol. The van der Waals surface area contributed by atoms with Crippen LogP contribution in [-0.4, -0.2) is 29.4 Å². The first kappa shape index (κ1) is 20.9. The van der Waals surface area contributed by atoms with Crippen LogP contribution in [-0.2, 0) is 12.8 Å². The first-order valence-electron chi connectivity index (χ1n) is 8.89. The van der Waals surface area contributed by atoms with Gasteiger partial charge in [-0.3, -0.25) is 4.79 Å². The number of hydrogen-bond donors (Lipinski definition) is 0. The molecule has 1 amide bonds. The van der Waals surface area contributed by atoms with Gasteiger partial charge >= 0.3 is 6.18 Å². The SMILES string of the molecule is CCN(C)C(=O)c1csc(-c2ccccc2OCc2ccc(C(F)(F)F)cc2)n1. The Kier molecular flexibility index (Phi) is 6.22. The number of carbonyl (C=O) groups is 1. The molecule has 0 radical (unpaired) electrons. The maximum Gasteiger partial charge on any atom is 0.416 e. The molecule has 152 valence electrons. The van der Waals surface area contributed by atoms with Crippen molar-refractivity contribution in [1.29, 1.82) is 0 Å². The first-order valence-corrected chi connectivity index (χ1v) is 9.77. The van der Waals surface area contributed by atoms with Crippen molar-refractivity contribution in [3.05, 3.63) is 70.7 Å². The minimum Gasteiger partial charge on any atom is -0.488 e. The summed E-state index contributed by atoms with van der Waals surface area (Å²) in [5.74, 6) is 0.391. The molecule has 0 aliphatic carbocycles. The van der Waals surface area contributed by atoms with Crippen molar-refractivity contribution in [3.63, 3.8) is 0 Å². The molecule has 0 N–H and O–H groups in total. The summed E-state index contributed by atoms with van der Waals surface area (Å²) in [5.41, 5.74) is 1.01. The van der Waals surface area contributed by atoms with E-state index in [4.69, 9.17) is 4.74 Å². The van der Waals surface area contributed by atoms with Gasteiger partial charge in [-0.05, 0) is 36.8 Å². The Balaban J connectivity index is 1.76. The van der Waals surface area contributed by atoms with Crippen LogP contribution in [0.5, 0.6) is 5.75 Å². The highest BCUT2D eigenvalue weighted by molar-refractivity contribution is 7.13. The van der Waals surface area contributed by atoms with E-state index in [-0.39, 0.29) is 12.5 Å². The fourth-order valence-corrected chi connectivity index (χ4v) is 3.38. The van der Waals surface area contributed by atoms with Crippen LogP contribution in [0.4, 0.5) is 13.2 Å². The number of rotatable bonds is 6. The van der Waals surface area contributed by atoms with Gasteiger partial charge in [-0.25, -0.2) is 4.98 Å². The van der Waals surface area contributed by atoms with Crippen molar-refractivity contribution >= 4 is 17.2 Å². The Morgan fingerprint density at radius 3 is 2.48 bits per heavy atom. The fraction of sp³-hybridized carbons (Fsp3) is 0.238. The molecule has 0 spiro atoms. The quantitative estimate of drug-likeness (QED) is 0.529. The number of carbonyl (C=O) groups excluding carboxylic acids is 1. The molecular formula is C21H19F3N2O2S. The first-order chi connectivity index (χ1) is 13.8. The average Bonchev–Trinajstić information content (AvgIpc) is 3.21. The highest BCUT2D eigenvalue weighted by Crippen LogP contribution is 2.33. The number of nitrogens with zero attached hydrogens (tertiary/aromatic N) is 2. The molecule has 0 saturated heterocycles. The zero-order valence-corrected chi connectivity index (χ0v) is 16.7. The Hall–Kier alpha value is -2.87. The van der Waals surface area contributed by atoms with Crippen LogP contribution in [0.15, 0.2) is 53.9 Å². The molecule has 0 saturated carbocycles. The van der Waals surface area contributed by atoms with Gasteiger partial charge in [0.2, 0.25) is 0 Å². The number of hydrogen-bond acceptors (Lipinski definition) is 4. The number of halogens is 3. The van der Waals surface area contributed by atoms with Gasteiger partial charge in [-0.2, -0.15) is 13.2 Å². The molecule has 0 atom stereocenters. The summed E-state index contributed by atoms with van der Waals surface area (Å²) in [4.78, 5) is 18.3. The third-order valence-electron chi connectivity index (χ3n) is 4.34. The summed E-state index contributed by atoms with van der Waals surface area (Å²) in [6.07, 6.45) is -4.36. The molecule has 3 rings (SSSR count). The Morgan fingerprint density at radius 1 is 1.14 bits per heavy atom. The van der Waals surface area contributed by atoms with Crippen molar-refractivity contribution in [3.8, 4) is 16.3 Å². The topological polar surface area (TPSA) is 42.4 Å². The van der Waals surface area contributed by atoms with Gasteiger partial charge in [-0.15, -0.1) is 11.3 Å². The van der Waals surface area contributed by atoms with Gasteiger partial charge in [0.05, 0.1) is 11.1 Å². The van der Waals surface area contributed by atoms with E-state index in [1.54, 1.807) is 29.5 Å². The van der Waals surface area contributed by atoms with Crippen molar-refractivity contribution < 1.29 is 22.7 Å². The summed E-state index contributed by atoms with van der Waals surface area (Å²) in [6.45, 7) is 2.58. The van der Waals surface area contributed by atoms with Crippen molar-refractivity contribution in [2.45, 2.75) is 19.7 Å². The summed E-state index contributed by atoms with van der Waals surface area (Å²) >= 11 is 1.34. The van der Waals surface area contributed by atoms with Crippen LogP contribution >= 0.6 is 11.3 Å². The summed E-state index contributed by atoms with van der Waals surface area (Å²) in [6, 6.07) is 12.1. The van der Waals surface area contributed by atoms with E-state index in [0.29, 0.717) is 28.6 Å². The van der Waals surface area contributed by atoms with Crippen LogP contribution in [0.2, 0.25) is 0 Å². The molecule has 8 heteroatoms. The lowest BCUT2D eigenvalue weighted by Gasteiger charge is -2.12. The minimum atomic E-state index is -4.36. The van der Waals surface area contributed by atoms with Gasteiger partial charge in [0.1, 0.15) is 23.1 Å². The average molecular weight is 420 g/mol. The normalized spacial score (nSPS) is 11.3. The molecule has 0 unspecified atom stereocenters. The van der Waals surface area contributed by atoms with Crippen LogP contribution in [0.1, 0.15) is 28.5 Å². The Bertz CT molecular complexity index is 984. The molecule has 3 aromatic rings. The molecule has 1 heterocycles. The van der Waals surface area contributed by atoms with Gasteiger partial charge in [-0.1, -0.05) is 24.3 Å². The van der Waals surface area contributed by atoms with Gasteiger partial charge in [0, 0.05) is 19.0 Å². The number of alkyl halides is 3. The molecule has 0 aliphatic heterocycles. The second-order valence-corrected chi connectivity index (χ2v) is 7.19. The predicted octanol–water partition coefficient (Wildman–Crippen LogP) is 5.50. The second-order valence-electron chi connectivity index (χ2n) is 6.34. The number of amides is 1. The van der Waals surface area contributed by atoms with E-state index in [0.717, 1.165) is 17.7 Å². The van der Waals surface area contributed by atoms with Crippen molar-refractivity contribution in [1.82, 2.24) is 9.88 Å². The monoisotopic (exact) mass is 420 g/mol.